The monoisotopic (exact) mass is 391 g/mol. The molecule has 0 heterocycles. The molecule has 0 saturated carbocycles. The van der Waals surface area contributed by atoms with Gasteiger partial charge in [-0.15, -0.1) is 0 Å². The summed E-state index contributed by atoms with van der Waals surface area (Å²) in [6, 6.07) is 7.23. The molecular weight excluding hydrogens is 381 g/mol. The fraction of sp³-hybridized carbons (Fsp3) is 0.143. The molecule has 0 aliphatic rings. The van der Waals surface area contributed by atoms with Gasteiger partial charge in [-0.1, -0.05) is 17.7 Å². The van der Waals surface area contributed by atoms with Crippen LogP contribution in [0.4, 0.5) is 10.1 Å². The standard InChI is InChI=1S/C14H12BrClFNO2S/c1-8-6-10(17)7-9(2)14(8)21(19,20)18-12-5-3-4-11(16)13(12)15/h3-7,18H,1-2H3. The molecule has 0 aromatic heterocycles. The van der Waals surface area contributed by atoms with Crippen LogP contribution < -0.4 is 4.72 Å². The van der Waals surface area contributed by atoms with E-state index >= 15 is 0 Å². The van der Waals surface area contributed by atoms with E-state index in [9.17, 15) is 12.8 Å². The third kappa shape index (κ3) is 3.39. The zero-order valence-electron chi connectivity index (χ0n) is 11.2. The zero-order valence-corrected chi connectivity index (χ0v) is 14.4. The molecule has 2 aromatic rings. The van der Waals surface area contributed by atoms with Gasteiger partial charge in [-0.05, 0) is 65.2 Å². The maximum absolute atomic E-state index is 13.3. The zero-order chi connectivity index (χ0) is 15.8. The molecule has 3 nitrogen and oxygen atoms in total. The molecular formula is C14H12BrClFNO2S. The predicted molar refractivity (Wildman–Crippen MR) is 85.8 cm³/mol. The molecule has 112 valence electrons. The first kappa shape index (κ1) is 16.3. The second-order valence-corrected chi connectivity index (χ2v) is 7.40. The van der Waals surface area contributed by atoms with Crippen LogP contribution >= 0.6 is 27.5 Å². The average Bonchev–Trinajstić information content (AvgIpc) is 2.33. The van der Waals surface area contributed by atoms with Gasteiger partial charge >= 0.3 is 0 Å². The maximum Gasteiger partial charge on any atom is 0.262 e. The highest BCUT2D eigenvalue weighted by molar-refractivity contribution is 9.10. The van der Waals surface area contributed by atoms with E-state index in [1.165, 1.54) is 12.1 Å². The summed E-state index contributed by atoms with van der Waals surface area (Å²) in [5, 5.41) is 0.391. The Morgan fingerprint density at radius 3 is 2.33 bits per heavy atom. The van der Waals surface area contributed by atoms with Gasteiger partial charge in [0.25, 0.3) is 10.0 Å². The summed E-state index contributed by atoms with van der Waals surface area (Å²) >= 11 is 9.18. The van der Waals surface area contributed by atoms with Gasteiger partial charge in [-0.2, -0.15) is 0 Å². The van der Waals surface area contributed by atoms with E-state index in [1.807, 2.05) is 0 Å². The molecule has 2 rings (SSSR count). The molecule has 21 heavy (non-hydrogen) atoms. The van der Waals surface area contributed by atoms with Gasteiger partial charge in [-0.25, -0.2) is 12.8 Å². The summed E-state index contributed by atoms with van der Waals surface area (Å²) in [5.41, 5.74) is 1.02. The molecule has 7 heteroatoms. The van der Waals surface area contributed by atoms with Crippen LogP contribution in [0.3, 0.4) is 0 Å². The maximum atomic E-state index is 13.3. The van der Waals surface area contributed by atoms with E-state index in [0.717, 1.165) is 0 Å². The molecule has 0 fully saturated rings. The van der Waals surface area contributed by atoms with Gasteiger partial charge in [0.1, 0.15) is 5.82 Å². The molecule has 0 atom stereocenters. The van der Waals surface area contributed by atoms with Crippen LogP contribution in [-0.4, -0.2) is 8.42 Å². The van der Waals surface area contributed by atoms with E-state index < -0.39 is 15.8 Å². The van der Waals surface area contributed by atoms with Gasteiger partial charge < -0.3 is 0 Å². The lowest BCUT2D eigenvalue weighted by molar-refractivity contribution is 0.597. The summed E-state index contributed by atoms with van der Waals surface area (Å²) in [4.78, 5) is 0.0655. The number of aryl methyl sites for hydroxylation is 2. The van der Waals surface area contributed by atoms with E-state index in [0.29, 0.717) is 26.3 Å². The summed E-state index contributed by atoms with van der Waals surface area (Å²) in [6.07, 6.45) is 0. The number of benzene rings is 2. The minimum absolute atomic E-state index is 0.0655. The van der Waals surface area contributed by atoms with Gasteiger partial charge in [0, 0.05) is 0 Å². The molecule has 0 saturated heterocycles. The first-order chi connectivity index (χ1) is 9.72. The third-order valence-corrected chi connectivity index (χ3v) is 5.96. The molecule has 0 aliphatic heterocycles. The molecule has 0 spiro atoms. The Hall–Kier alpha value is -1.11. The van der Waals surface area contributed by atoms with Crippen molar-refractivity contribution in [2.75, 3.05) is 4.72 Å². The number of hydrogen-bond acceptors (Lipinski definition) is 2. The van der Waals surface area contributed by atoms with Crippen molar-refractivity contribution < 1.29 is 12.8 Å². The highest BCUT2D eigenvalue weighted by Crippen LogP contribution is 2.32. The average molecular weight is 393 g/mol. The van der Waals surface area contributed by atoms with Crippen LogP contribution in [-0.2, 0) is 10.0 Å². The van der Waals surface area contributed by atoms with Crippen LogP contribution in [0.5, 0.6) is 0 Å². The molecule has 0 radical (unpaired) electrons. The minimum atomic E-state index is -3.84. The second kappa shape index (κ2) is 5.94. The van der Waals surface area contributed by atoms with Crippen LogP contribution in [0.15, 0.2) is 39.7 Å². The number of anilines is 1. The van der Waals surface area contributed by atoms with Crippen LogP contribution in [0, 0.1) is 19.7 Å². The van der Waals surface area contributed by atoms with Gasteiger partial charge in [0.05, 0.1) is 20.1 Å². The highest BCUT2D eigenvalue weighted by Gasteiger charge is 2.21. The van der Waals surface area contributed by atoms with Crippen LogP contribution in [0.2, 0.25) is 5.02 Å². The number of rotatable bonds is 3. The Morgan fingerprint density at radius 2 is 1.76 bits per heavy atom. The van der Waals surface area contributed by atoms with Crippen molar-refractivity contribution in [3.05, 3.63) is 56.8 Å². The lowest BCUT2D eigenvalue weighted by Gasteiger charge is -2.14. The van der Waals surface area contributed by atoms with Crippen molar-refractivity contribution in [1.82, 2.24) is 0 Å². The number of nitrogens with one attached hydrogen (secondary N) is 1. The lowest BCUT2D eigenvalue weighted by Crippen LogP contribution is -2.16. The Labute approximate surface area is 136 Å². The Kier molecular flexibility index (Phi) is 4.60. The normalized spacial score (nSPS) is 11.5. The van der Waals surface area contributed by atoms with Crippen molar-refractivity contribution in [2.24, 2.45) is 0 Å². The Balaban J connectivity index is 2.51. The smallest absolute Gasteiger partial charge is 0.262 e. The van der Waals surface area contributed by atoms with Gasteiger partial charge in [0.2, 0.25) is 0 Å². The predicted octanol–water partition coefficient (Wildman–Crippen LogP) is 4.66. The fourth-order valence-electron chi connectivity index (χ4n) is 2.10. The summed E-state index contributed by atoms with van der Waals surface area (Å²) in [5.74, 6) is -0.465. The Bertz CT molecular complexity index is 786. The molecule has 2 aromatic carbocycles. The highest BCUT2D eigenvalue weighted by atomic mass is 79.9. The summed E-state index contributed by atoms with van der Waals surface area (Å²) in [6.45, 7) is 3.11. The van der Waals surface area contributed by atoms with Crippen LogP contribution in [0.1, 0.15) is 11.1 Å². The van der Waals surface area contributed by atoms with Crippen molar-refractivity contribution >= 4 is 43.2 Å². The lowest BCUT2D eigenvalue weighted by atomic mass is 10.1. The van der Waals surface area contributed by atoms with Crippen molar-refractivity contribution in [3.63, 3.8) is 0 Å². The number of hydrogen-bond donors (Lipinski definition) is 1. The quantitative estimate of drug-likeness (QED) is 0.826. The largest absolute Gasteiger partial charge is 0.278 e. The van der Waals surface area contributed by atoms with E-state index in [1.54, 1.807) is 32.0 Å². The van der Waals surface area contributed by atoms with E-state index in [-0.39, 0.29) is 4.90 Å². The molecule has 0 aliphatic carbocycles. The van der Waals surface area contributed by atoms with Crippen molar-refractivity contribution in [1.29, 1.82) is 0 Å². The Morgan fingerprint density at radius 1 is 1.19 bits per heavy atom. The van der Waals surface area contributed by atoms with Gasteiger partial charge in [0.15, 0.2) is 0 Å². The SMILES string of the molecule is Cc1cc(F)cc(C)c1S(=O)(=O)Nc1cccc(Cl)c1Br. The second-order valence-electron chi connectivity index (χ2n) is 4.58. The molecule has 0 unspecified atom stereocenters. The number of sulfonamides is 1. The summed E-state index contributed by atoms with van der Waals surface area (Å²) in [7, 11) is -3.84. The topological polar surface area (TPSA) is 46.2 Å². The summed E-state index contributed by atoms with van der Waals surface area (Å²) < 4.78 is 41.3. The van der Waals surface area contributed by atoms with Crippen molar-refractivity contribution in [3.8, 4) is 0 Å². The van der Waals surface area contributed by atoms with E-state index in [2.05, 4.69) is 20.7 Å². The molecule has 0 bridgehead atoms. The third-order valence-electron chi connectivity index (χ3n) is 2.89. The first-order valence-electron chi connectivity index (χ1n) is 5.96. The van der Waals surface area contributed by atoms with Gasteiger partial charge in [-0.3, -0.25) is 4.72 Å². The van der Waals surface area contributed by atoms with Crippen LogP contribution in [0.25, 0.3) is 0 Å². The number of halogens is 3. The van der Waals surface area contributed by atoms with E-state index in [4.69, 9.17) is 11.6 Å². The van der Waals surface area contributed by atoms with Crippen molar-refractivity contribution in [2.45, 2.75) is 18.7 Å². The fourth-order valence-corrected chi connectivity index (χ4v) is 4.30. The first-order valence-corrected chi connectivity index (χ1v) is 8.61. The molecule has 0 amide bonds. The molecule has 1 N–H and O–H groups in total. The minimum Gasteiger partial charge on any atom is -0.278 e.